The fourth-order valence-electron chi connectivity index (χ4n) is 2.63. The number of carbonyl (C=O) groups is 1. The van der Waals surface area contributed by atoms with Crippen molar-refractivity contribution < 1.29 is 4.79 Å². The van der Waals surface area contributed by atoms with E-state index in [1.807, 2.05) is 13.0 Å². The molecule has 1 aliphatic carbocycles. The van der Waals surface area contributed by atoms with Gasteiger partial charge in [-0.3, -0.25) is 4.79 Å². The van der Waals surface area contributed by atoms with Gasteiger partial charge in [-0.05, 0) is 53.7 Å². The van der Waals surface area contributed by atoms with Crippen LogP contribution in [0.1, 0.15) is 54.3 Å². The van der Waals surface area contributed by atoms with E-state index >= 15 is 0 Å². The molecule has 2 rings (SSSR count). The van der Waals surface area contributed by atoms with E-state index in [1.54, 1.807) is 11.3 Å². The first kappa shape index (κ1) is 12.3. The lowest BCUT2D eigenvalue weighted by molar-refractivity contribution is 0.0796. The van der Waals surface area contributed by atoms with Gasteiger partial charge in [-0.15, -0.1) is 11.3 Å². The molecule has 0 bridgehead atoms. The van der Waals surface area contributed by atoms with Gasteiger partial charge in [-0.2, -0.15) is 0 Å². The Balaban J connectivity index is 2.30. The Bertz CT molecular complexity index is 383. The third-order valence-electron chi connectivity index (χ3n) is 3.80. The first-order chi connectivity index (χ1) is 7.59. The lowest BCUT2D eigenvalue weighted by Crippen LogP contribution is -2.26. The Morgan fingerprint density at radius 2 is 2.12 bits per heavy atom. The number of Topliss-reactive ketones (excluding diaryl/α,β-unsaturated/α-hetero) is 1. The second kappa shape index (κ2) is 4.61. The molecule has 1 saturated carbocycles. The number of rotatable bonds is 3. The number of aryl methyl sites for hydroxylation is 1. The summed E-state index contributed by atoms with van der Waals surface area (Å²) in [5, 5.41) is 0. The normalized spacial score (nSPS) is 18.9. The molecular formula is C13H17BrOS. The second-order valence-electron chi connectivity index (χ2n) is 4.74. The van der Waals surface area contributed by atoms with E-state index in [4.69, 9.17) is 0 Å². The molecule has 0 N–H and O–H groups in total. The van der Waals surface area contributed by atoms with Gasteiger partial charge in [0.25, 0.3) is 0 Å². The number of halogens is 1. The molecule has 0 amide bonds. The molecule has 1 nitrogen and oxygen atoms in total. The molecule has 0 saturated heterocycles. The Morgan fingerprint density at radius 1 is 1.50 bits per heavy atom. The average Bonchev–Trinajstić information content (AvgIpc) is 2.87. The molecule has 0 aliphatic heterocycles. The quantitative estimate of drug-likeness (QED) is 0.720. The van der Waals surface area contributed by atoms with Crippen LogP contribution in [0.25, 0.3) is 0 Å². The third-order valence-corrected chi connectivity index (χ3v) is 5.94. The molecule has 16 heavy (non-hydrogen) atoms. The van der Waals surface area contributed by atoms with E-state index in [-0.39, 0.29) is 5.41 Å². The Kier molecular flexibility index (Phi) is 3.55. The van der Waals surface area contributed by atoms with Crippen molar-refractivity contribution in [1.82, 2.24) is 0 Å². The highest BCUT2D eigenvalue weighted by Gasteiger charge is 2.40. The summed E-state index contributed by atoms with van der Waals surface area (Å²) in [6.07, 6.45) is 5.57. The Labute approximate surface area is 109 Å². The topological polar surface area (TPSA) is 17.1 Å². The number of carbonyl (C=O) groups excluding carboxylic acids is 1. The maximum Gasteiger partial charge on any atom is 0.178 e. The third kappa shape index (κ3) is 2.00. The number of ketones is 1. The van der Waals surface area contributed by atoms with Gasteiger partial charge >= 0.3 is 0 Å². The molecule has 1 aromatic rings. The van der Waals surface area contributed by atoms with Crippen LogP contribution in [0.3, 0.4) is 0 Å². The number of thiophene rings is 1. The van der Waals surface area contributed by atoms with Crippen molar-refractivity contribution in [3.63, 3.8) is 0 Å². The monoisotopic (exact) mass is 300 g/mol. The lowest BCUT2D eigenvalue weighted by atomic mass is 9.78. The zero-order valence-electron chi connectivity index (χ0n) is 9.81. The molecule has 0 aromatic carbocycles. The van der Waals surface area contributed by atoms with Gasteiger partial charge in [-0.1, -0.05) is 19.8 Å². The minimum atomic E-state index is -0.0449. The van der Waals surface area contributed by atoms with Gasteiger partial charge in [0.05, 0.1) is 8.66 Å². The maximum atomic E-state index is 12.6. The zero-order valence-corrected chi connectivity index (χ0v) is 12.2. The van der Waals surface area contributed by atoms with Crippen LogP contribution in [0.2, 0.25) is 0 Å². The largest absolute Gasteiger partial charge is 0.293 e. The first-order valence-corrected chi connectivity index (χ1v) is 7.51. The second-order valence-corrected chi connectivity index (χ2v) is 7.11. The van der Waals surface area contributed by atoms with E-state index in [0.717, 1.165) is 27.9 Å². The molecule has 0 unspecified atom stereocenters. The summed E-state index contributed by atoms with van der Waals surface area (Å²) >= 11 is 5.09. The molecule has 0 radical (unpaired) electrons. The van der Waals surface area contributed by atoms with Gasteiger partial charge in [0.2, 0.25) is 0 Å². The van der Waals surface area contributed by atoms with E-state index in [1.165, 1.54) is 18.4 Å². The van der Waals surface area contributed by atoms with Crippen molar-refractivity contribution in [3.05, 3.63) is 20.3 Å². The van der Waals surface area contributed by atoms with Crippen molar-refractivity contribution >= 4 is 33.0 Å². The molecule has 3 heteroatoms. The van der Waals surface area contributed by atoms with E-state index in [0.29, 0.717) is 5.78 Å². The van der Waals surface area contributed by atoms with E-state index in [9.17, 15) is 4.79 Å². The Hall–Kier alpha value is -0.150. The maximum absolute atomic E-state index is 12.6. The standard InChI is InChI=1S/C13H17BrOS/c1-3-13(6-4-5-7-13)11(15)10-8-9(2)12(14)16-10/h8H,3-7H2,1-2H3. The fourth-order valence-corrected chi connectivity index (χ4v) is 4.22. The smallest absolute Gasteiger partial charge is 0.178 e. The van der Waals surface area contributed by atoms with Crippen molar-refractivity contribution in [3.8, 4) is 0 Å². The summed E-state index contributed by atoms with van der Waals surface area (Å²) in [6.45, 7) is 4.20. The summed E-state index contributed by atoms with van der Waals surface area (Å²) < 4.78 is 1.10. The van der Waals surface area contributed by atoms with Crippen LogP contribution < -0.4 is 0 Å². The number of hydrogen-bond acceptors (Lipinski definition) is 2. The fraction of sp³-hybridized carbons (Fsp3) is 0.615. The minimum Gasteiger partial charge on any atom is -0.293 e. The van der Waals surface area contributed by atoms with Crippen LogP contribution in [0.5, 0.6) is 0 Å². The molecule has 1 aromatic heterocycles. The lowest BCUT2D eigenvalue weighted by Gasteiger charge is -2.24. The van der Waals surface area contributed by atoms with Crippen LogP contribution in [0.15, 0.2) is 9.85 Å². The van der Waals surface area contributed by atoms with Crippen LogP contribution in [-0.2, 0) is 0 Å². The minimum absolute atomic E-state index is 0.0449. The SMILES string of the molecule is CCC1(C(=O)c2cc(C)c(Br)s2)CCCC1. The highest BCUT2D eigenvalue weighted by Crippen LogP contribution is 2.45. The van der Waals surface area contributed by atoms with E-state index in [2.05, 4.69) is 22.9 Å². The van der Waals surface area contributed by atoms with E-state index < -0.39 is 0 Å². The van der Waals surface area contributed by atoms with Gasteiger partial charge in [0, 0.05) is 5.41 Å². The molecule has 1 heterocycles. The molecular weight excluding hydrogens is 284 g/mol. The molecule has 1 aliphatic rings. The molecule has 0 atom stereocenters. The first-order valence-electron chi connectivity index (χ1n) is 5.90. The van der Waals surface area contributed by atoms with Gasteiger partial charge < -0.3 is 0 Å². The number of hydrogen-bond donors (Lipinski definition) is 0. The van der Waals surface area contributed by atoms with Crippen molar-refractivity contribution in [1.29, 1.82) is 0 Å². The predicted octanol–water partition coefficient (Wildman–Crippen LogP) is 4.97. The van der Waals surface area contributed by atoms with Gasteiger partial charge in [-0.25, -0.2) is 0 Å². The summed E-state index contributed by atoms with van der Waals surface area (Å²) in [7, 11) is 0. The Morgan fingerprint density at radius 3 is 2.56 bits per heavy atom. The van der Waals surface area contributed by atoms with Crippen LogP contribution in [-0.4, -0.2) is 5.78 Å². The van der Waals surface area contributed by atoms with Crippen LogP contribution >= 0.6 is 27.3 Å². The predicted molar refractivity (Wildman–Crippen MR) is 72.3 cm³/mol. The van der Waals surface area contributed by atoms with Crippen LogP contribution in [0, 0.1) is 12.3 Å². The summed E-state index contributed by atoms with van der Waals surface area (Å²) in [4.78, 5) is 13.5. The van der Waals surface area contributed by atoms with Crippen molar-refractivity contribution in [2.45, 2.75) is 46.0 Å². The summed E-state index contributed by atoms with van der Waals surface area (Å²) in [5.74, 6) is 0.381. The molecule has 88 valence electrons. The summed E-state index contributed by atoms with van der Waals surface area (Å²) in [6, 6.07) is 2.03. The molecule has 1 fully saturated rings. The summed E-state index contributed by atoms with van der Waals surface area (Å²) in [5.41, 5.74) is 1.13. The van der Waals surface area contributed by atoms with Crippen LogP contribution in [0.4, 0.5) is 0 Å². The highest BCUT2D eigenvalue weighted by atomic mass is 79.9. The van der Waals surface area contributed by atoms with Crippen molar-refractivity contribution in [2.75, 3.05) is 0 Å². The van der Waals surface area contributed by atoms with Gasteiger partial charge in [0.1, 0.15) is 0 Å². The highest BCUT2D eigenvalue weighted by molar-refractivity contribution is 9.11. The average molecular weight is 301 g/mol. The van der Waals surface area contributed by atoms with Crippen molar-refractivity contribution in [2.24, 2.45) is 5.41 Å². The van der Waals surface area contributed by atoms with Gasteiger partial charge in [0.15, 0.2) is 5.78 Å². The molecule has 0 spiro atoms. The zero-order chi connectivity index (χ0) is 11.8.